The molecule has 80 valence electrons. The molecule has 2 aromatic rings. The van der Waals surface area contributed by atoms with Gasteiger partial charge in [0.2, 0.25) is 5.65 Å². The molecular formula is C11H16N4. The molecule has 15 heavy (non-hydrogen) atoms. The standard InChI is InChI=1S/C11H16N4/c1-6(2)8-5-12-14-11-9(8)10(7(3)4)13-15-11/h5-7H,1-4H3,(H,13,14,15). The van der Waals surface area contributed by atoms with E-state index in [1.165, 1.54) is 5.56 Å². The van der Waals surface area contributed by atoms with Crippen LogP contribution < -0.4 is 0 Å². The topological polar surface area (TPSA) is 54.5 Å². The Morgan fingerprint density at radius 2 is 1.87 bits per heavy atom. The highest BCUT2D eigenvalue weighted by molar-refractivity contribution is 5.81. The number of nitrogens with one attached hydrogen (secondary N) is 1. The summed E-state index contributed by atoms with van der Waals surface area (Å²) < 4.78 is 0. The van der Waals surface area contributed by atoms with Gasteiger partial charge >= 0.3 is 0 Å². The molecule has 0 saturated heterocycles. The number of aromatic amines is 1. The fourth-order valence-corrected chi connectivity index (χ4v) is 1.77. The Labute approximate surface area is 89.1 Å². The molecule has 2 rings (SSSR count). The smallest absolute Gasteiger partial charge is 0.203 e. The summed E-state index contributed by atoms with van der Waals surface area (Å²) in [6.45, 7) is 8.62. The first-order chi connectivity index (χ1) is 7.11. The molecule has 4 nitrogen and oxygen atoms in total. The Morgan fingerprint density at radius 1 is 1.13 bits per heavy atom. The summed E-state index contributed by atoms with van der Waals surface area (Å²) >= 11 is 0. The van der Waals surface area contributed by atoms with Crippen LogP contribution in [0.4, 0.5) is 0 Å². The number of hydrogen-bond donors (Lipinski definition) is 1. The zero-order chi connectivity index (χ0) is 11.0. The number of aromatic nitrogens is 4. The van der Waals surface area contributed by atoms with E-state index in [0.717, 1.165) is 16.7 Å². The third-order valence-electron chi connectivity index (χ3n) is 2.61. The normalized spacial score (nSPS) is 11.9. The lowest BCUT2D eigenvalue weighted by Crippen LogP contribution is -1.96. The van der Waals surface area contributed by atoms with Gasteiger partial charge in [-0.3, -0.25) is 5.10 Å². The lowest BCUT2D eigenvalue weighted by Gasteiger charge is -2.08. The lowest BCUT2D eigenvalue weighted by molar-refractivity contribution is 0.812. The van der Waals surface area contributed by atoms with Crippen LogP contribution >= 0.6 is 0 Å². The van der Waals surface area contributed by atoms with E-state index in [1.807, 2.05) is 6.20 Å². The second-order valence-corrected chi connectivity index (χ2v) is 4.45. The van der Waals surface area contributed by atoms with E-state index in [1.54, 1.807) is 0 Å². The molecule has 2 heterocycles. The third-order valence-corrected chi connectivity index (χ3v) is 2.61. The van der Waals surface area contributed by atoms with Gasteiger partial charge in [-0.15, -0.1) is 5.10 Å². The predicted molar refractivity (Wildman–Crippen MR) is 59.9 cm³/mol. The Hall–Kier alpha value is -1.45. The Balaban J connectivity index is 2.75. The van der Waals surface area contributed by atoms with Crippen LogP contribution in [-0.4, -0.2) is 20.4 Å². The maximum Gasteiger partial charge on any atom is 0.203 e. The molecule has 0 atom stereocenters. The van der Waals surface area contributed by atoms with Gasteiger partial charge in [-0.2, -0.15) is 10.2 Å². The molecule has 0 spiro atoms. The number of H-pyrrole nitrogens is 1. The van der Waals surface area contributed by atoms with Gasteiger partial charge in [-0.05, 0) is 17.4 Å². The number of rotatable bonds is 2. The van der Waals surface area contributed by atoms with Crippen LogP contribution in [0.2, 0.25) is 0 Å². The second kappa shape index (κ2) is 3.61. The fraction of sp³-hybridized carbons (Fsp3) is 0.545. The maximum atomic E-state index is 4.18. The summed E-state index contributed by atoms with van der Waals surface area (Å²) in [5.41, 5.74) is 3.10. The summed E-state index contributed by atoms with van der Waals surface area (Å²) in [5.74, 6) is 0.870. The molecular weight excluding hydrogens is 188 g/mol. The van der Waals surface area contributed by atoms with Gasteiger partial charge in [0.05, 0.1) is 6.20 Å². The molecule has 1 N–H and O–H groups in total. The quantitative estimate of drug-likeness (QED) is 0.818. The molecule has 0 unspecified atom stereocenters. The van der Waals surface area contributed by atoms with E-state index < -0.39 is 0 Å². The minimum absolute atomic E-state index is 0.427. The Morgan fingerprint density at radius 3 is 2.47 bits per heavy atom. The Bertz CT molecular complexity index is 470. The van der Waals surface area contributed by atoms with Crippen molar-refractivity contribution in [2.24, 2.45) is 0 Å². The third kappa shape index (κ3) is 1.60. The largest absolute Gasteiger partial charge is 0.279 e. The summed E-state index contributed by atoms with van der Waals surface area (Å²) in [7, 11) is 0. The van der Waals surface area contributed by atoms with Gasteiger partial charge in [0, 0.05) is 11.1 Å². The highest BCUT2D eigenvalue weighted by Crippen LogP contribution is 2.28. The van der Waals surface area contributed by atoms with E-state index in [-0.39, 0.29) is 0 Å². The van der Waals surface area contributed by atoms with Crippen molar-refractivity contribution in [2.45, 2.75) is 39.5 Å². The van der Waals surface area contributed by atoms with Crippen molar-refractivity contribution < 1.29 is 0 Å². The van der Waals surface area contributed by atoms with Crippen LogP contribution in [0.15, 0.2) is 6.20 Å². The molecule has 0 aliphatic heterocycles. The van der Waals surface area contributed by atoms with Crippen molar-refractivity contribution >= 4 is 11.0 Å². The van der Waals surface area contributed by atoms with Crippen molar-refractivity contribution in [3.05, 3.63) is 17.5 Å². The summed E-state index contributed by atoms with van der Waals surface area (Å²) in [4.78, 5) is 0. The average Bonchev–Trinajstić information content (AvgIpc) is 2.60. The van der Waals surface area contributed by atoms with Crippen molar-refractivity contribution in [3.63, 3.8) is 0 Å². The Kier molecular flexibility index (Phi) is 2.42. The van der Waals surface area contributed by atoms with E-state index in [0.29, 0.717) is 11.8 Å². The fourth-order valence-electron chi connectivity index (χ4n) is 1.77. The van der Waals surface area contributed by atoms with Crippen molar-refractivity contribution in [1.29, 1.82) is 0 Å². The number of fused-ring (bicyclic) bond motifs is 1. The molecule has 0 amide bonds. The van der Waals surface area contributed by atoms with Crippen LogP contribution in [0.3, 0.4) is 0 Å². The highest BCUT2D eigenvalue weighted by atomic mass is 15.2. The van der Waals surface area contributed by atoms with Gasteiger partial charge in [0.1, 0.15) is 0 Å². The molecule has 0 radical (unpaired) electrons. The van der Waals surface area contributed by atoms with Crippen molar-refractivity contribution in [2.75, 3.05) is 0 Å². The van der Waals surface area contributed by atoms with E-state index >= 15 is 0 Å². The second-order valence-electron chi connectivity index (χ2n) is 4.45. The summed E-state index contributed by atoms with van der Waals surface area (Å²) in [5, 5.41) is 16.4. The first-order valence-electron chi connectivity index (χ1n) is 5.30. The van der Waals surface area contributed by atoms with Crippen LogP contribution in [0, 0.1) is 0 Å². The number of hydrogen-bond acceptors (Lipinski definition) is 3. The summed E-state index contributed by atoms with van der Waals surface area (Å²) in [6, 6.07) is 0. The summed E-state index contributed by atoms with van der Waals surface area (Å²) in [6.07, 6.45) is 1.84. The van der Waals surface area contributed by atoms with Gasteiger partial charge < -0.3 is 0 Å². The van der Waals surface area contributed by atoms with E-state index in [2.05, 4.69) is 48.1 Å². The van der Waals surface area contributed by atoms with E-state index in [9.17, 15) is 0 Å². The van der Waals surface area contributed by atoms with Gasteiger partial charge in [0.25, 0.3) is 0 Å². The molecule has 0 saturated carbocycles. The van der Waals surface area contributed by atoms with Crippen LogP contribution in [0.5, 0.6) is 0 Å². The first-order valence-corrected chi connectivity index (χ1v) is 5.30. The first kappa shape index (κ1) is 10.1. The zero-order valence-corrected chi connectivity index (χ0v) is 9.57. The van der Waals surface area contributed by atoms with Crippen LogP contribution in [-0.2, 0) is 0 Å². The minimum atomic E-state index is 0.427. The predicted octanol–water partition coefficient (Wildman–Crippen LogP) is 2.60. The monoisotopic (exact) mass is 204 g/mol. The molecule has 2 aromatic heterocycles. The van der Waals surface area contributed by atoms with E-state index in [4.69, 9.17) is 0 Å². The van der Waals surface area contributed by atoms with Gasteiger partial charge in [-0.25, -0.2) is 0 Å². The molecule has 0 aliphatic carbocycles. The molecule has 0 aromatic carbocycles. The lowest BCUT2D eigenvalue weighted by atomic mass is 9.98. The van der Waals surface area contributed by atoms with Crippen LogP contribution in [0.25, 0.3) is 11.0 Å². The SMILES string of the molecule is CC(C)c1cnnc2n[nH]c(C(C)C)c12. The average molecular weight is 204 g/mol. The molecule has 0 bridgehead atoms. The minimum Gasteiger partial charge on any atom is -0.279 e. The highest BCUT2D eigenvalue weighted by Gasteiger charge is 2.15. The molecule has 4 heteroatoms. The molecule has 0 fully saturated rings. The van der Waals surface area contributed by atoms with Crippen molar-refractivity contribution in [3.8, 4) is 0 Å². The number of nitrogens with zero attached hydrogens (tertiary/aromatic N) is 3. The van der Waals surface area contributed by atoms with Gasteiger partial charge in [-0.1, -0.05) is 27.7 Å². The van der Waals surface area contributed by atoms with Crippen molar-refractivity contribution in [1.82, 2.24) is 20.4 Å². The zero-order valence-electron chi connectivity index (χ0n) is 9.57. The van der Waals surface area contributed by atoms with Crippen LogP contribution in [0.1, 0.15) is 50.8 Å². The van der Waals surface area contributed by atoms with Gasteiger partial charge in [0.15, 0.2) is 0 Å². The maximum absolute atomic E-state index is 4.18. The molecule has 0 aliphatic rings.